The summed E-state index contributed by atoms with van der Waals surface area (Å²) < 4.78 is 1.78. The lowest BCUT2D eigenvalue weighted by Gasteiger charge is -2.37. The van der Waals surface area contributed by atoms with Crippen molar-refractivity contribution in [3.8, 4) is 0 Å². The molecule has 2 aromatic rings. The summed E-state index contributed by atoms with van der Waals surface area (Å²) >= 11 is 0. The lowest BCUT2D eigenvalue weighted by molar-refractivity contribution is 0.0448. The van der Waals surface area contributed by atoms with Gasteiger partial charge in [0.25, 0.3) is 0 Å². The van der Waals surface area contributed by atoms with Gasteiger partial charge in [-0.3, -0.25) is 4.68 Å². The van der Waals surface area contributed by atoms with E-state index < -0.39 is 5.60 Å². The summed E-state index contributed by atoms with van der Waals surface area (Å²) in [5.74, 6) is 0.885. The largest absolute Gasteiger partial charge is 0.388 e. The Morgan fingerprint density at radius 1 is 1.37 bits per heavy atom. The molecule has 1 N–H and O–H groups in total. The third kappa shape index (κ3) is 2.06. The van der Waals surface area contributed by atoms with Crippen LogP contribution in [-0.2, 0) is 7.05 Å². The zero-order chi connectivity index (χ0) is 13.6. The van der Waals surface area contributed by atoms with Crippen molar-refractivity contribution in [2.75, 3.05) is 18.0 Å². The van der Waals surface area contributed by atoms with Gasteiger partial charge in [0.05, 0.1) is 16.7 Å². The van der Waals surface area contributed by atoms with Crippen LogP contribution in [0.3, 0.4) is 0 Å². The van der Waals surface area contributed by atoms with Gasteiger partial charge in [-0.1, -0.05) is 0 Å². The van der Waals surface area contributed by atoms with E-state index in [9.17, 15) is 5.11 Å². The third-order valence-corrected chi connectivity index (χ3v) is 3.75. The number of aliphatic hydroxyl groups is 1. The maximum absolute atomic E-state index is 10.2. The van der Waals surface area contributed by atoms with Crippen LogP contribution in [0.25, 0.3) is 11.0 Å². The highest BCUT2D eigenvalue weighted by Gasteiger charge is 2.30. The van der Waals surface area contributed by atoms with E-state index in [-0.39, 0.29) is 0 Å². The molecular weight excluding hydrogens is 242 g/mol. The maximum atomic E-state index is 10.2. The lowest BCUT2D eigenvalue weighted by Crippen LogP contribution is -2.46. The number of rotatable bonds is 1. The van der Waals surface area contributed by atoms with Gasteiger partial charge in [0, 0.05) is 20.1 Å². The molecule has 2 aromatic heterocycles. The van der Waals surface area contributed by atoms with E-state index in [1.807, 2.05) is 20.9 Å². The first-order valence-electron chi connectivity index (χ1n) is 6.59. The van der Waals surface area contributed by atoms with Crippen LogP contribution in [0.2, 0.25) is 0 Å². The Morgan fingerprint density at radius 3 is 2.89 bits per heavy atom. The molecule has 0 radical (unpaired) electrons. The molecule has 0 amide bonds. The topological polar surface area (TPSA) is 67.1 Å². The first-order valence-corrected chi connectivity index (χ1v) is 6.59. The monoisotopic (exact) mass is 261 g/mol. The van der Waals surface area contributed by atoms with Crippen molar-refractivity contribution in [2.24, 2.45) is 7.05 Å². The number of nitrogens with zero attached hydrogens (tertiary/aromatic N) is 5. The summed E-state index contributed by atoms with van der Waals surface area (Å²) in [7, 11) is 1.89. The Kier molecular flexibility index (Phi) is 2.70. The van der Waals surface area contributed by atoms with Crippen molar-refractivity contribution in [1.29, 1.82) is 0 Å². The number of aryl methyl sites for hydroxylation is 2. The number of fused-ring (bicyclic) bond motifs is 1. The Hall–Kier alpha value is -1.69. The Bertz CT molecular complexity index is 619. The van der Waals surface area contributed by atoms with Crippen molar-refractivity contribution in [3.05, 3.63) is 12.0 Å². The van der Waals surface area contributed by atoms with Gasteiger partial charge in [-0.25, -0.2) is 9.97 Å². The second-order valence-electron chi connectivity index (χ2n) is 5.63. The summed E-state index contributed by atoms with van der Waals surface area (Å²) in [6, 6.07) is 0. The molecule has 0 unspecified atom stereocenters. The first-order chi connectivity index (χ1) is 8.98. The second kappa shape index (κ2) is 4.16. The molecule has 0 aromatic carbocycles. The Morgan fingerprint density at radius 2 is 2.16 bits per heavy atom. The normalized spacial score (nSPS) is 24.1. The van der Waals surface area contributed by atoms with E-state index in [1.165, 1.54) is 0 Å². The molecule has 0 spiro atoms. The lowest BCUT2D eigenvalue weighted by atomic mass is 9.95. The Labute approximate surface area is 112 Å². The smallest absolute Gasteiger partial charge is 0.163 e. The molecule has 1 atom stereocenters. The van der Waals surface area contributed by atoms with Crippen molar-refractivity contribution in [3.63, 3.8) is 0 Å². The fraction of sp³-hybridized carbons (Fsp3) is 0.615. The van der Waals surface area contributed by atoms with Gasteiger partial charge in [0.1, 0.15) is 12.1 Å². The molecule has 6 heteroatoms. The van der Waals surface area contributed by atoms with Crippen LogP contribution >= 0.6 is 0 Å². The molecule has 6 nitrogen and oxygen atoms in total. The van der Waals surface area contributed by atoms with Crippen LogP contribution in [0.15, 0.2) is 6.33 Å². The fourth-order valence-electron chi connectivity index (χ4n) is 2.90. The van der Waals surface area contributed by atoms with Gasteiger partial charge in [0.2, 0.25) is 0 Å². The van der Waals surface area contributed by atoms with Crippen LogP contribution in [0.1, 0.15) is 25.5 Å². The van der Waals surface area contributed by atoms with Gasteiger partial charge < -0.3 is 10.0 Å². The van der Waals surface area contributed by atoms with Crippen LogP contribution in [-0.4, -0.2) is 43.5 Å². The summed E-state index contributed by atoms with van der Waals surface area (Å²) in [5, 5.41) is 15.6. The average Bonchev–Trinajstić information content (AvgIpc) is 2.64. The standard InChI is InChI=1S/C13H19N5O/c1-9-10-11(17(3)16-9)14-8-15-12(10)18-6-4-5-13(2,19)7-18/h8,19H,4-7H2,1-3H3/t13-/m0/s1. The average molecular weight is 261 g/mol. The molecule has 1 aliphatic rings. The number of aromatic nitrogens is 4. The summed E-state index contributed by atoms with van der Waals surface area (Å²) in [6.45, 7) is 5.37. The van der Waals surface area contributed by atoms with E-state index in [0.29, 0.717) is 6.54 Å². The predicted octanol–water partition coefficient (Wildman–Crippen LogP) is 1.02. The van der Waals surface area contributed by atoms with E-state index in [4.69, 9.17) is 0 Å². The van der Waals surface area contributed by atoms with Crippen molar-refractivity contribution in [2.45, 2.75) is 32.3 Å². The highest BCUT2D eigenvalue weighted by Crippen LogP contribution is 2.30. The molecule has 3 rings (SSSR count). The van der Waals surface area contributed by atoms with Crippen LogP contribution in [0.5, 0.6) is 0 Å². The minimum Gasteiger partial charge on any atom is -0.388 e. The zero-order valence-electron chi connectivity index (χ0n) is 11.6. The van der Waals surface area contributed by atoms with Gasteiger partial charge in [-0.2, -0.15) is 5.10 Å². The van der Waals surface area contributed by atoms with E-state index in [1.54, 1.807) is 11.0 Å². The maximum Gasteiger partial charge on any atom is 0.163 e. The molecule has 102 valence electrons. The summed E-state index contributed by atoms with van der Waals surface area (Å²) in [4.78, 5) is 10.9. The number of anilines is 1. The Balaban J connectivity index is 2.10. The van der Waals surface area contributed by atoms with Gasteiger partial charge in [-0.05, 0) is 26.7 Å². The van der Waals surface area contributed by atoms with Gasteiger partial charge in [-0.15, -0.1) is 0 Å². The SMILES string of the molecule is Cc1nn(C)c2ncnc(N3CCC[C@](C)(O)C3)c12. The quantitative estimate of drug-likeness (QED) is 0.830. The van der Waals surface area contributed by atoms with E-state index in [2.05, 4.69) is 20.0 Å². The van der Waals surface area contributed by atoms with E-state index in [0.717, 1.165) is 41.9 Å². The van der Waals surface area contributed by atoms with Crippen LogP contribution in [0, 0.1) is 6.92 Å². The summed E-state index contributed by atoms with van der Waals surface area (Å²) in [6.07, 6.45) is 3.38. The highest BCUT2D eigenvalue weighted by molar-refractivity contribution is 5.89. The zero-order valence-corrected chi connectivity index (χ0v) is 11.6. The highest BCUT2D eigenvalue weighted by atomic mass is 16.3. The molecule has 19 heavy (non-hydrogen) atoms. The summed E-state index contributed by atoms with van der Waals surface area (Å²) in [5.41, 5.74) is 1.12. The number of hydrogen-bond donors (Lipinski definition) is 1. The van der Waals surface area contributed by atoms with Crippen LogP contribution in [0.4, 0.5) is 5.82 Å². The number of β-amino-alcohol motifs (C(OH)–C–C–N with tert-alkyl or cyclic N) is 1. The minimum absolute atomic E-state index is 0.605. The number of piperidine rings is 1. The molecule has 1 fully saturated rings. The minimum atomic E-state index is -0.647. The molecule has 0 saturated carbocycles. The molecular formula is C13H19N5O. The molecule has 0 aliphatic carbocycles. The van der Waals surface area contributed by atoms with Gasteiger partial charge in [0.15, 0.2) is 5.65 Å². The fourth-order valence-corrected chi connectivity index (χ4v) is 2.90. The third-order valence-electron chi connectivity index (χ3n) is 3.75. The number of hydrogen-bond acceptors (Lipinski definition) is 5. The first kappa shape index (κ1) is 12.3. The van der Waals surface area contributed by atoms with Gasteiger partial charge >= 0.3 is 0 Å². The second-order valence-corrected chi connectivity index (χ2v) is 5.63. The van der Waals surface area contributed by atoms with Crippen molar-refractivity contribution in [1.82, 2.24) is 19.7 Å². The van der Waals surface area contributed by atoms with Crippen molar-refractivity contribution < 1.29 is 5.11 Å². The molecule has 1 aliphatic heterocycles. The van der Waals surface area contributed by atoms with Crippen molar-refractivity contribution >= 4 is 16.9 Å². The molecule has 0 bridgehead atoms. The predicted molar refractivity (Wildman–Crippen MR) is 73.1 cm³/mol. The van der Waals surface area contributed by atoms with E-state index >= 15 is 0 Å². The van der Waals surface area contributed by atoms with Crippen LogP contribution < -0.4 is 4.90 Å². The molecule has 1 saturated heterocycles. The molecule has 3 heterocycles.